The van der Waals surface area contributed by atoms with Gasteiger partial charge in [-0.25, -0.2) is 8.78 Å². The molecule has 0 saturated carbocycles. The van der Waals surface area contributed by atoms with Crippen molar-refractivity contribution in [2.24, 2.45) is 0 Å². The lowest BCUT2D eigenvalue weighted by Crippen LogP contribution is -2.24. The minimum atomic E-state index is -0.576. The molecule has 0 aliphatic heterocycles. The van der Waals surface area contributed by atoms with Crippen LogP contribution < -0.4 is 15.8 Å². The third-order valence-corrected chi connectivity index (χ3v) is 2.48. The van der Waals surface area contributed by atoms with E-state index in [1.54, 1.807) is 12.1 Å². The van der Waals surface area contributed by atoms with E-state index in [0.29, 0.717) is 11.5 Å². The molecule has 0 radical (unpaired) electrons. The zero-order valence-electron chi connectivity index (χ0n) is 12.1. The van der Waals surface area contributed by atoms with Crippen LogP contribution in [0.25, 0.3) is 0 Å². The van der Waals surface area contributed by atoms with Gasteiger partial charge in [0.05, 0.1) is 11.4 Å². The van der Waals surface area contributed by atoms with E-state index in [1.807, 2.05) is 20.8 Å². The molecule has 0 spiro atoms. The lowest BCUT2D eigenvalue weighted by atomic mass is 10.2. The number of nitrogen functional groups attached to an aromatic ring is 1. The van der Waals surface area contributed by atoms with Crippen LogP contribution in [0.15, 0.2) is 30.3 Å². The highest BCUT2D eigenvalue weighted by Gasteiger charge is 2.16. The minimum Gasteiger partial charge on any atom is -0.470 e. The first kappa shape index (κ1) is 15.0. The van der Waals surface area contributed by atoms with E-state index >= 15 is 0 Å². The lowest BCUT2D eigenvalue weighted by molar-refractivity contribution is 0.125. The first-order valence-electron chi connectivity index (χ1n) is 6.42. The van der Waals surface area contributed by atoms with Gasteiger partial charge in [0.25, 0.3) is 0 Å². The van der Waals surface area contributed by atoms with Crippen LogP contribution in [0, 0.1) is 11.6 Å². The average molecular weight is 293 g/mol. The Morgan fingerprint density at radius 2 is 1.86 bits per heavy atom. The van der Waals surface area contributed by atoms with Crippen molar-refractivity contribution in [1.82, 2.24) is 4.98 Å². The van der Waals surface area contributed by atoms with Crippen LogP contribution in [-0.4, -0.2) is 10.6 Å². The predicted octanol–water partition coefficient (Wildman–Crippen LogP) is 3.86. The molecular weight excluding hydrogens is 276 g/mol. The highest BCUT2D eigenvalue weighted by atomic mass is 19.1. The monoisotopic (exact) mass is 293 g/mol. The molecule has 2 aromatic rings. The predicted molar refractivity (Wildman–Crippen MR) is 78.7 cm³/mol. The first-order valence-corrected chi connectivity index (χ1v) is 6.42. The molecule has 0 aliphatic rings. The van der Waals surface area contributed by atoms with Crippen LogP contribution in [0.2, 0.25) is 0 Å². The number of nitrogens with zero attached hydrogens (tertiary/aromatic N) is 1. The first-order chi connectivity index (χ1) is 9.74. The summed E-state index contributed by atoms with van der Waals surface area (Å²) in [6.45, 7) is 5.58. The Morgan fingerprint density at radius 1 is 1.14 bits per heavy atom. The molecule has 0 bridgehead atoms. The smallest absolute Gasteiger partial charge is 0.239 e. The van der Waals surface area contributed by atoms with E-state index < -0.39 is 17.2 Å². The van der Waals surface area contributed by atoms with Gasteiger partial charge in [0, 0.05) is 6.07 Å². The van der Waals surface area contributed by atoms with Crippen LogP contribution >= 0.6 is 0 Å². The van der Waals surface area contributed by atoms with E-state index in [-0.39, 0.29) is 11.6 Å². The van der Waals surface area contributed by atoms with Gasteiger partial charge in [-0.1, -0.05) is 0 Å². The van der Waals surface area contributed by atoms with Gasteiger partial charge in [-0.3, -0.25) is 0 Å². The van der Waals surface area contributed by atoms with Gasteiger partial charge >= 0.3 is 0 Å². The fourth-order valence-electron chi connectivity index (χ4n) is 1.62. The molecule has 0 amide bonds. The summed E-state index contributed by atoms with van der Waals surface area (Å²) in [7, 11) is 0. The normalized spacial score (nSPS) is 11.3. The Hall–Kier alpha value is -2.37. The average Bonchev–Trinajstić information content (AvgIpc) is 2.36. The molecule has 1 aromatic carbocycles. The van der Waals surface area contributed by atoms with Gasteiger partial charge in [0.2, 0.25) is 5.88 Å². The number of nitrogens with two attached hydrogens (primary N) is 1. The fourth-order valence-corrected chi connectivity index (χ4v) is 1.62. The number of aromatic nitrogens is 1. The van der Waals surface area contributed by atoms with Crippen molar-refractivity contribution in [2.75, 3.05) is 11.1 Å². The molecular formula is C15H17F2N3O. The summed E-state index contributed by atoms with van der Waals surface area (Å²) < 4.78 is 32.4. The number of ether oxygens (including phenoxy) is 1. The van der Waals surface area contributed by atoms with Crippen molar-refractivity contribution in [3.05, 3.63) is 42.0 Å². The van der Waals surface area contributed by atoms with Crippen LogP contribution in [-0.2, 0) is 0 Å². The molecule has 0 fully saturated rings. The van der Waals surface area contributed by atoms with E-state index in [4.69, 9.17) is 10.5 Å². The Morgan fingerprint density at radius 3 is 2.52 bits per heavy atom. The number of pyridine rings is 1. The highest BCUT2D eigenvalue weighted by Crippen LogP contribution is 2.27. The molecule has 112 valence electrons. The highest BCUT2D eigenvalue weighted by molar-refractivity contribution is 5.61. The van der Waals surface area contributed by atoms with Crippen molar-refractivity contribution in [3.8, 4) is 5.88 Å². The van der Waals surface area contributed by atoms with Crippen molar-refractivity contribution in [2.45, 2.75) is 26.4 Å². The van der Waals surface area contributed by atoms with Gasteiger partial charge in [0.15, 0.2) is 0 Å². The molecule has 0 saturated heterocycles. The van der Waals surface area contributed by atoms with Crippen molar-refractivity contribution >= 4 is 17.2 Å². The Bertz CT molecular complexity index is 654. The van der Waals surface area contributed by atoms with Gasteiger partial charge in [0.1, 0.15) is 23.1 Å². The van der Waals surface area contributed by atoms with Gasteiger partial charge < -0.3 is 15.8 Å². The zero-order valence-corrected chi connectivity index (χ0v) is 12.1. The van der Waals surface area contributed by atoms with Gasteiger partial charge in [-0.05, 0) is 45.0 Å². The summed E-state index contributed by atoms with van der Waals surface area (Å²) in [4.78, 5) is 4.18. The zero-order chi connectivity index (χ0) is 15.6. The fraction of sp³-hybridized carbons (Fsp3) is 0.267. The molecule has 2 rings (SSSR count). The third-order valence-electron chi connectivity index (χ3n) is 2.48. The van der Waals surface area contributed by atoms with E-state index in [2.05, 4.69) is 10.3 Å². The Balaban J connectivity index is 2.29. The third kappa shape index (κ3) is 4.05. The van der Waals surface area contributed by atoms with E-state index in [9.17, 15) is 8.78 Å². The minimum absolute atomic E-state index is 0.00557. The van der Waals surface area contributed by atoms with Crippen LogP contribution in [0.1, 0.15) is 20.8 Å². The second-order valence-electron chi connectivity index (χ2n) is 5.55. The van der Waals surface area contributed by atoms with Crippen molar-refractivity contribution < 1.29 is 13.5 Å². The summed E-state index contributed by atoms with van der Waals surface area (Å²) in [5.74, 6) is -0.564. The quantitative estimate of drug-likeness (QED) is 0.902. The number of rotatable bonds is 3. The number of benzene rings is 1. The largest absolute Gasteiger partial charge is 0.470 e. The Kier molecular flexibility index (Phi) is 3.97. The maximum atomic E-state index is 13.6. The summed E-state index contributed by atoms with van der Waals surface area (Å²) in [6, 6.07) is 6.30. The molecule has 0 aliphatic carbocycles. The van der Waals surface area contributed by atoms with Crippen LogP contribution in [0.3, 0.4) is 0 Å². The lowest BCUT2D eigenvalue weighted by Gasteiger charge is -2.21. The number of hydrogen-bond acceptors (Lipinski definition) is 4. The number of hydrogen-bond donors (Lipinski definition) is 2. The van der Waals surface area contributed by atoms with E-state index in [1.165, 1.54) is 0 Å². The molecule has 0 unspecified atom stereocenters. The van der Waals surface area contributed by atoms with Crippen LogP contribution in [0.5, 0.6) is 5.88 Å². The maximum absolute atomic E-state index is 13.6. The summed E-state index contributed by atoms with van der Waals surface area (Å²) in [5, 5.41) is 2.70. The maximum Gasteiger partial charge on any atom is 0.239 e. The molecule has 0 atom stereocenters. The summed E-state index contributed by atoms with van der Waals surface area (Å²) >= 11 is 0. The number of nitrogens with one attached hydrogen (secondary N) is 1. The molecule has 1 aromatic heterocycles. The molecule has 1 heterocycles. The molecule has 6 heteroatoms. The van der Waals surface area contributed by atoms with E-state index in [0.717, 1.165) is 18.2 Å². The number of halogens is 2. The SMILES string of the molecule is CC(C)(C)Oc1nc(Nc2cc(F)ccc2F)ccc1N. The molecule has 3 N–H and O–H groups in total. The number of anilines is 3. The summed E-state index contributed by atoms with van der Waals surface area (Å²) in [6.07, 6.45) is 0. The van der Waals surface area contributed by atoms with Crippen molar-refractivity contribution in [1.29, 1.82) is 0 Å². The second-order valence-corrected chi connectivity index (χ2v) is 5.55. The molecule has 21 heavy (non-hydrogen) atoms. The van der Waals surface area contributed by atoms with Crippen molar-refractivity contribution in [3.63, 3.8) is 0 Å². The standard InChI is InChI=1S/C15H17F2N3O/c1-15(2,3)21-14-11(18)6-7-13(20-14)19-12-8-9(16)4-5-10(12)17/h4-8H,18H2,1-3H3,(H,19,20). The summed E-state index contributed by atoms with van der Waals surface area (Å²) in [5.41, 5.74) is 5.69. The topological polar surface area (TPSA) is 60.2 Å². The Labute approximate surface area is 122 Å². The van der Waals surface area contributed by atoms with Crippen LogP contribution in [0.4, 0.5) is 26.0 Å². The van der Waals surface area contributed by atoms with Gasteiger partial charge in [-0.2, -0.15) is 4.98 Å². The van der Waals surface area contributed by atoms with Gasteiger partial charge in [-0.15, -0.1) is 0 Å². The molecule has 4 nitrogen and oxygen atoms in total. The second kappa shape index (κ2) is 5.55.